The molecule has 1 aromatic carbocycles. The highest BCUT2D eigenvalue weighted by Crippen LogP contribution is 2.39. The Bertz CT molecular complexity index is 1090. The number of thiazole rings is 1. The molecule has 0 radical (unpaired) electrons. The van der Waals surface area contributed by atoms with E-state index in [9.17, 15) is 19.2 Å². The molecular weight excluding hydrogens is 458 g/mol. The molecule has 3 amide bonds. The van der Waals surface area contributed by atoms with Gasteiger partial charge < -0.3 is 9.47 Å². The number of hydrogen-bond acceptors (Lipinski definition) is 8. The quantitative estimate of drug-likeness (QED) is 0.437. The number of ether oxygens (including phenoxy) is 2. The highest BCUT2D eigenvalue weighted by Gasteiger charge is 2.51. The number of nitrogens with zero attached hydrogens (tertiary/aromatic N) is 3. The second kappa shape index (κ2) is 9.92. The number of carbonyl (C=O) groups is 4. The summed E-state index contributed by atoms with van der Waals surface area (Å²) >= 11 is 1.23. The molecule has 1 aliphatic heterocycles. The number of likely N-dealkylation sites (tertiary alicyclic amines) is 1. The Morgan fingerprint density at radius 3 is 2.44 bits per heavy atom. The fourth-order valence-electron chi connectivity index (χ4n) is 4.63. The Kier molecular flexibility index (Phi) is 6.97. The Labute approximate surface area is 201 Å². The zero-order chi connectivity index (χ0) is 24.4. The van der Waals surface area contributed by atoms with E-state index in [1.54, 1.807) is 29.6 Å². The number of fused-ring (bicyclic) bond motifs is 1. The van der Waals surface area contributed by atoms with Gasteiger partial charge in [-0.2, -0.15) is 0 Å². The van der Waals surface area contributed by atoms with E-state index in [0.29, 0.717) is 35.1 Å². The largest absolute Gasteiger partial charge is 0.495 e. The van der Waals surface area contributed by atoms with Crippen LogP contribution in [0.25, 0.3) is 0 Å². The lowest BCUT2D eigenvalue weighted by Crippen LogP contribution is -2.44. The average Bonchev–Trinajstić information content (AvgIpc) is 3.40. The van der Waals surface area contributed by atoms with E-state index in [1.807, 2.05) is 0 Å². The van der Waals surface area contributed by atoms with Crippen LogP contribution in [-0.4, -0.2) is 46.7 Å². The van der Waals surface area contributed by atoms with Crippen LogP contribution in [0.1, 0.15) is 45.2 Å². The molecule has 1 aromatic heterocycles. The summed E-state index contributed by atoms with van der Waals surface area (Å²) in [5.41, 5.74) is 1.01. The Balaban J connectivity index is 1.43. The van der Waals surface area contributed by atoms with Crippen molar-refractivity contribution >= 4 is 45.8 Å². The number of aromatic nitrogens is 1. The van der Waals surface area contributed by atoms with Crippen molar-refractivity contribution in [2.75, 3.05) is 12.0 Å². The van der Waals surface area contributed by atoms with Crippen LogP contribution in [0.15, 0.2) is 29.6 Å². The highest BCUT2D eigenvalue weighted by atomic mass is 32.1. The van der Waals surface area contributed by atoms with Gasteiger partial charge >= 0.3 is 5.97 Å². The monoisotopic (exact) mass is 485 g/mol. The molecule has 0 N–H and O–H groups in total. The first-order valence-corrected chi connectivity index (χ1v) is 12.1. The summed E-state index contributed by atoms with van der Waals surface area (Å²) in [6.07, 6.45) is 3.22. The van der Waals surface area contributed by atoms with Gasteiger partial charge in [0.15, 0.2) is 5.13 Å². The van der Waals surface area contributed by atoms with Crippen molar-refractivity contribution in [2.45, 2.75) is 52.2 Å². The highest BCUT2D eigenvalue weighted by molar-refractivity contribution is 7.14. The first-order chi connectivity index (χ1) is 16.3. The van der Waals surface area contributed by atoms with Crippen LogP contribution in [0, 0.1) is 11.8 Å². The Morgan fingerprint density at radius 1 is 1.18 bits per heavy atom. The van der Waals surface area contributed by atoms with E-state index in [2.05, 4.69) is 4.98 Å². The molecule has 9 nitrogen and oxygen atoms in total. The maximum Gasteiger partial charge on any atom is 0.329 e. The third-order valence-corrected chi connectivity index (χ3v) is 7.21. The first-order valence-electron chi connectivity index (χ1n) is 11.2. The number of hydrogen-bond donors (Lipinski definition) is 0. The maximum absolute atomic E-state index is 12.7. The van der Waals surface area contributed by atoms with Crippen LogP contribution < -0.4 is 9.64 Å². The van der Waals surface area contributed by atoms with Crippen molar-refractivity contribution < 1.29 is 28.7 Å². The zero-order valence-electron chi connectivity index (χ0n) is 19.4. The van der Waals surface area contributed by atoms with Crippen molar-refractivity contribution in [3.63, 3.8) is 0 Å². The number of methoxy groups -OCH3 is 1. The molecule has 1 saturated heterocycles. The van der Waals surface area contributed by atoms with Crippen LogP contribution in [0.5, 0.6) is 5.75 Å². The first kappa shape index (κ1) is 23.9. The lowest BCUT2D eigenvalue weighted by Gasteiger charge is -2.21. The van der Waals surface area contributed by atoms with Gasteiger partial charge in [0.2, 0.25) is 17.7 Å². The number of benzene rings is 1. The van der Waals surface area contributed by atoms with Crippen LogP contribution in [0.2, 0.25) is 0 Å². The summed E-state index contributed by atoms with van der Waals surface area (Å²) in [6, 6.07) is 6.11. The fourth-order valence-corrected chi connectivity index (χ4v) is 5.49. The zero-order valence-corrected chi connectivity index (χ0v) is 20.2. The fraction of sp³-hybridized carbons (Fsp3) is 0.458. The summed E-state index contributed by atoms with van der Waals surface area (Å²) in [6.45, 7) is 2.80. The SMILES string of the molecule is COc1ccccc1N(C(C)=O)c1nc(COC(=O)[C@H](C)N2C(=O)C3CCCCC3C2=O)cs1. The number of amides is 3. The van der Waals surface area contributed by atoms with Gasteiger partial charge in [-0.3, -0.25) is 24.2 Å². The predicted octanol–water partition coefficient (Wildman–Crippen LogP) is 3.44. The lowest BCUT2D eigenvalue weighted by atomic mass is 9.81. The van der Waals surface area contributed by atoms with Gasteiger partial charge in [-0.1, -0.05) is 25.0 Å². The Hall–Kier alpha value is -3.27. The van der Waals surface area contributed by atoms with Gasteiger partial charge in [0.05, 0.1) is 30.3 Å². The molecule has 2 aliphatic rings. The molecular formula is C24H27N3O6S. The second-order valence-corrected chi connectivity index (χ2v) is 9.31. The normalized spacial score (nSPS) is 20.6. The summed E-state index contributed by atoms with van der Waals surface area (Å²) in [5, 5.41) is 2.10. The molecule has 0 bridgehead atoms. The molecule has 2 fully saturated rings. The molecule has 2 unspecified atom stereocenters. The molecule has 34 heavy (non-hydrogen) atoms. The van der Waals surface area contributed by atoms with Crippen LogP contribution >= 0.6 is 11.3 Å². The average molecular weight is 486 g/mol. The predicted molar refractivity (Wildman–Crippen MR) is 124 cm³/mol. The maximum atomic E-state index is 12.7. The van der Waals surface area contributed by atoms with Gasteiger partial charge in [0.25, 0.3) is 0 Å². The molecule has 4 rings (SSSR count). The van der Waals surface area contributed by atoms with Crippen molar-refractivity contribution in [2.24, 2.45) is 11.8 Å². The summed E-state index contributed by atoms with van der Waals surface area (Å²) < 4.78 is 10.8. The van der Waals surface area contributed by atoms with Crippen LogP contribution in [-0.2, 0) is 30.5 Å². The van der Waals surface area contributed by atoms with Crippen molar-refractivity contribution in [1.29, 1.82) is 0 Å². The summed E-state index contributed by atoms with van der Waals surface area (Å²) in [4.78, 5) is 57.5. The number of imide groups is 1. The van der Waals surface area contributed by atoms with Gasteiger partial charge in [-0.25, -0.2) is 9.78 Å². The van der Waals surface area contributed by atoms with Crippen molar-refractivity contribution in [3.05, 3.63) is 35.3 Å². The molecule has 1 aliphatic carbocycles. The van der Waals surface area contributed by atoms with E-state index in [0.717, 1.165) is 17.7 Å². The Morgan fingerprint density at radius 2 is 1.82 bits per heavy atom. The van der Waals surface area contributed by atoms with E-state index < -0.39 is 12.0 Å². The van der Waals surface area contributed by atoms with E-state index in [4.69, 9.17) is 9.47 Å². The number of rotatable bonds is 7. The van der Waals surface area contributed by atoms with Gasteiger partial charge in [-0.15, -0.1) is 11.3 Å². The van der Waals surface area contributed by atoms with Crippen molar-refractivity contribution in [1.82, 2.24) is 9.88 Å². The van der Waals surface area contributed by atoms with E-state index in [-0.39, 0.29) is 36.2 Å². The molecule has 3 atom stereocenters. The minimum absolute atomic E-state index is 0.138. The number of anilines is 2. The third kappa shape index (κ3) is 4.42. The lowest BCUT2D eigenvalue weighted by molar-refractivity contribution is -0.159. The van der Waals surface area contributed by atoms with Crippen molar-refractivity contribution in [3.8, 4) is 5.75 Å². The number of para-hydroxylation sites is 2. The molecule has 0 spiro atoms. The summed E-state index contributed by atoms with van der Waals surface area (Å²) in [5.74, 6) is -1.56. The summed E-state index contributed by atoms with van der Waals surface area (Å²) in [7, 11) is 1.52. The van der Waals surface area contributed by atoms with Crippen LogP contribution in [0.3, 0.4) is 0 Å². The molecule has 180 valence electrons. The van der Waals surface area contributed by atoms with Crippen LogP contribution in [0.4, 0.5) is 10.8 Å². The molecule has 2 aromatic rings. The molecule has 1 saturated carbocycles. The molecule has 10 heteroatoms. The third-order valence-electron chi connectivity index (χ3n) is 6.34. The minimum Gasteiger partial charge on any atom is -0.495 e. The molecule has 2 heterocycles. The second-order valence-electron chi connectivity index (χ2n) is 8.48. The van der Waals surface area contributed by atoms with Gasteiger partial charge in [0.1, 0.15) is 18.4 Å². The smallest absolute Gasteiger partial charge is 0.329 e. The number of esters is 1. The number of carbonyl (C=O) groups excluding carboxylic acids is 4. The van der Waals surface area contributed by atoms with E-state index in [1.165, 1.54) is 37.2 Å². The standard InChI is InChI=1S/C24H27N3O6S/c1-14(26-21(29)17-8-4-5-9-18(17)22(26)30)23(31)33-12-16-13-34-24(25-16)27(15(2)28)19-10-6-7-11-20(19)32-3/h6-7,10-11,13-14,17-18H,4-5,8-9,12H2,1-3H3/t14-,17?,18?/m0/s1. The van der Waals surface area contributed by atoms with Gasteiger partial charge in [-0.05, 0) is 31.9 Å². The topological polar surface area (TPSA) is 106 Å². The minimum atomic E-state index is -0.994. The van der Waals surface area contributed by atoms with Gasteiger partial charge in [0, 0.05) is 12.3 Å². The van der Waals surface area contributed by atoms with E-state index >= 15 is 0 Å².